The number of H-pyrrole nitrogens is 1. The number of carbonyl (C=O) groups is 1. The molecule has 0 spiro atoms. The topological polar surface area (TPSA) is 58.2 Å². The van der Waals surface area contributed by atoms with Gasteiger partial charge >= 0.3 is 0 Å². The Morgan fingerprint density at radius 2 is 2.08 bits per heavy atom. The van der Waals surface area contributed by atoms with Gasteiger partial charge in [-0.3, -0.25) is 4.79 Å². The molecule has 0 saturated heterocycles. The Kier molecular flexibility index (Phi) is 3.61. The van der Waals surface area contributed by atoms with Crippen molar-refractivity contribution in [2.45, 2.75) is 19.3 Å². The van der Waals surface area contributed by atoms with Crippen LogP contribution in [0.5, 0.6) is 5.75 Å². The van der Waals surface area contributed by atoms with Crippen LogP contribution in [0.15, 0.2) is 49.1 Å². The minimum absolute atomic E-state index is 0.0962. The number of fused-ring (bicyclic) bond motifs is 2. The highest BCUT2D eigenvalue weighted by Crippen LogP contribution is 2.43. The molecule has 1 aliphatic heterocycles. The van der Waals surface area contributed by atoms with E-state index in [1.165, 1.54) is 0 Å². The zero-order valence-corrected chi connectivity index (χ0v) is 15.2. The summed E-state index contributed by atoms with van der Waals surface area (Å²) >= 11 is 0. The van der Waals surface area contributed by atoms with Crippen molar-refractivity contribution in [2.24, 2.45) is 0 Å². The number of aromatic amines is 1. The largest absolute Gasteiger partial charge is 0.497 e. The summed E-state index contributed by atoms with van der Waals surface area (Å²) in [6, 6.07) is 11.8. The molecular formula is C21H21N3O2. The molecule has 3 aromatic rings. The van der Waals surface area contributed by atoms with E-state index in [-0.39, 0.29) is 5.91 Å². The van der Waals surface area contributed by atoms with Crippen LogP contribution < -0.4 is 9.64 Å². The third-order valence-corrected chi connectivity index (χ3v) is 5.02. The maximum absolute atomic E-state index is 12.8. The van der Waals surface area contributed by atoms with Gasteiger partial charge in [0.25, 0.3) is 0 Å². The van der Waals surface area contributed by atoms with E-state index in [1.54, 1.807) is 18.1 Å². The second kappa shape index (κ2) is 5.73. The SMILES string of the molecule is C=CCN1C(=O)C(C)(C)c2ccc(-c3nc4ccc(OC)cc4[nH]3)cc21. The van der Waals surface area contributed by atoms with Crippen LogP contribution in [0.4, 0.5) is 5.69 Å². The van der Waals surface area contributed by atoms with Gasteiger partial charge in [0.05, 0.1) is 23.6 Å². The summed E-state index contributed by atoms with van der Waals surface area (Å²) < 4.78 is 5.27. The zero-order valence-electron chi connectivity index (χ0n) is 15.2. The van der Waals surface area contributed by atoms with E-state index in [9.17, 15) is 4.79 Å². The van der Waals surface area contributed by atoms with Crippen molar-refractivity contribution in [1.82, 2.24) is 9.97 Å². The second-order valence-corrected chi connectivity index (χ2v) is 7.03. The molecule has 0 fully saturated rings. The number of rotatable bonds is 4. The number of imidazole rings is 1. The van der Waals surface area contributed by atoms with Gasteiger partial charge < -0.3 is 14.6 Å². The van der Waals surface area contributed by atoms with Gasteiger partial charge in [0.1, 0.15) is 11.6 Å². The van der Waals surface area contributed by atoms with Gasteiger partial charge in [0, 0.05) is 23.9 Å². The van der Waals surface area contributed by atoms with Gasteiger partial charge in [-0.05, 0) is 37.6 Å². The van der Waals surface area contributed by atoms with Crippen molar-refractivity contribution in [3.05, 3.63) is 54.6 Å². The fraction of sp³-hybridized carbons (Fsp3) is 0.238. The Morgan fingerprint density at radius 1 is 1.27 bits per heavy atom. The second-order valence-electron chi connectivity index (χ2n) is 7.03. The van der Waals surface area contributed by atoms with Gasteiger partial charge in [0.15, 0.2) is 0 Å². The average molecular weight is 347 g/mol. The molecule has 1 N–H and O–H groups in total. The fourth-order valence-electron chi connectivity index (χ4n) is 3.56. The maximum Gasteiger partial charge on any atom is 0.237 e. The quantitative estimate of drug-likeness (QED) is 0.725. The van der Waals surface area contributed by atoms with E-state index in [4.69, 9.17) is 4.74 Å². The van der Waals surface area contributed by atoms with E-state index in [1.807, 2.05) is 50.2 Å². The summed E-state index contributed by atoms with van der Waals surface area (Å²) in [6.07, 6.45) is 1.75. The van der Waals surface area contributed by atoms with Crippen molar-refractivity contribution in [3.63, 3.8) is 0 Å². The van der Waals surface area contributed by atoms with Crippen LogP contribution in [0, 0.1) is 0 Å². The van der Waals surface area contributed by atoms with Crippen molar-refractivity contribution in [2.75, 3.05) is 18.6 Å². The molecule has 5 heteroatoms. The number of anilines is 1. The minimum atomic E-state index is -0.530. The number of benzene rings is 2. The summed E-state index contributed by atoms with van der Waals surface area (Å²) in [4.78, 5) is 22.6. The lowest BCUT2D eigenvalue weighted by atomic mass is 9.86. The molecule has 4 rings (SSSR count). The number of ether oxygens (including phenoxy) is 1. The van der Waals surface area contributed by atoms with Crippen LogP contribution in [0.1, 0.15) is 19.4 Å². The Morgan fingerprint density at radius 3 is 2.81 bits per heavy atom. The molecule has 2 heterocycles. The third-order valence-electron chi connectivity index (χ3n) is 5.02. The van der Waals surface area contributed by atoms with Crippen LogP contribution >= 0.6 is 0 Å². The lowest BCUT2D eigenvalue weighted by Gasteiger charge is -2.18. The molecule has 0 radical (unpaired) electrons. The highest BCUT2D eigenvalue weighted by molar-refractivity contribution is 6.08. The van der Waals surface area contributed by atoms with Crippen LogP contribution in [0.25, 0.3) is 22.4 Å². The van der Waals surface area contributed by atoms with E-state index in [0.717, 1.165) is 39.4 Å². The first-order valence-electron chi connectivity index (χ1n) is 8.57. The number of nitrogens with zero attached hydrogens (tertiary/aromatic N) is 2. The van der Waals surface area contributed by atoms with Gasteiger partial charge in [-0.25, -0.2) is 4.98 Å². The Hall–Kier alpha value is -3.08. The van der Waals surface area contributed by atoms with Gasteiger partial charge in [-0.2, -0.15) is 0 Å². The molecule has 132 valence electrons. The van der Waals surface area contributed by atoms with Crippen molar-refractivity contribution in [3.8, 4) is 17.1 Å². The molecule has 1 aliphatic rings. The van der Waals surface area contributed by atoms with Crippen LogP contribution in [0.3, 0.4) is 0 Å². The molecule has 2 aromatic carbocycles. The number of hydrogen-bond acceptors (Lipinski definition) is 3. The summed E-state index contributed by atoms with van der Waals surface area (Å²) in [5.41, 5.74) is 4.16. The Balaban J connectivity index is 1.82. The molecule has 1 aromatic heterocycles. The first kappa shape index (κ1) is 16.4. The van der Waals surface area contributed by atoms with Gasteiger partial charge in [-0.1, -0.05) is 18.2 Å². The highest BCUT2D eigenvalue weighted by Gasteiger charge is 2.43. The highest BCUT2D eigenvalue weighted by atomic mass is 16.5. The smallest absolute Gasteiger partial charge is 0.237 e. The maximum atomic E-state index is 12.8. The molecule has 5 nitrogen and oxygen atoms in total. The molecule has 0 unspecified atom stereocenters. The Labute approximate surface area is 152 Å². The standard InChI is InChI=1S/C21H21N3O2/c1-5-10-24-18-11-13(6-8-15(18)21(2,3)20(24)25)19-22-16-9-7-14(26-4)12-17(16)23-19/h5-9,11-12H,1,10H2,2-4H3,(H,22,23). The van der Waals surface area contributed by atoms with E-state index in [0.29, 0.717) is 6.54 Å². The predicted molar refractivity (Wildman–Crippen MR) is 104 cm³/mol. The first-order valence-corrected chi connectivity index (χ1v) is 8.57. The van der Waals surface area contributed by atoms with Gasteiger partial charge in [-0.15, -0.1) is 6.58 Å². The molecule has 0 atom stereocenters. The van der Waals surface area contributed by atoms with Crippen LogP contribution in [0.2, 0.25) is 0 Å². The molecule has 0 saturated carbocycles. The summed E-state index contributed by atoms with van der Waals surface area (Å²) in [6.45, 7) is 8.20. The molecule has 0 bridgehead atoms. The number of hydrogen-bond donors (Lipinski definition) is 1. The minimum Gasteiger partial charge on any atom is -0.497 e. The van der Waals surface area contributed by atoms with E-state index >= 15 is 0 Å². The van der Waals surface area contributed by atoms with Crippen LogP contribution in [-0.4, -0.2) is 29.5 Å². The van der Waals surface area contributed by atoms with E-state index < -0.39 is 5.41 Å². The fourth-order valence-corrected chi connectivity index (χ4v) is 3.56. The lowest BCUT2D eigenvalue weighted by molar-refractivity contribution is -0.122. The Bertz CT molecular complexity index is 1030. The molecular weight excluding hydrogens is 326 g/mol. The number of carbonyl (C=O) groups excluding carboxylic acids is 1. The summed E-state index contributed by atoms with van der Waals surface area (Å²) in [5.74, 6) is 1.65. The van der Waals surface area contributed by atoms with E-state index in [2.05, 4.69) is 16.5 Å². The van der Waals surface area contributed by atoms with Crippen molar-refractivity contribution in [1.29, 1.82) is 0 Å². The van der Waals surface area contributed by atoms with Crippen molar-refractivity contribution >= 4 is 22.6 Å². The molecule has 0 aliphatic carbocycles. The monoisotopic (exact) mass is 347 g/mol. The molecule has 1 amide bonds. The summed E-state index contributed by atoms with van der Waals surface area (Å²) in [7, 11) is 1.64. The number of nitrogens with one attached hydrogen (secondary N) is 1. The first-order chi connectivity index (χ1) is 12.5. The lowest BCUT2D eigenvalue weighted by Crippen LogP contribution is -2.36. The normalized spacial score (nSPS) is 15.3. The number of methoxy groups -OCH3 is 1. The third kappa shape index (κ3) is 2.31. The van der Waals surface area contributed by atoms with Crippen LogP contribution in [-0.2, 0) is 10.2 Å². The number of aromatic nitrogens is 2. The van der Waals surface area contributed by atoms with Crippen molar-refractivity contribution < 1.29 is 9.53 Å². The molecule has 26 heavy (non-hydrogen) atoms. The average Bonchev–Trinajstić information content (AvgIpc) is 3.14. The van der Waals surface area contributed by atoms with Gasteiger partial charge in [0.2, 0.25) is 5.91 Å². The zero-order chi connectivity index (χ0) is 18.5. The number of amides is 1. The predicted octanol–water partition coefficient (Wildman–Crippen LogP) is 4.05. The summed E-state index contributed by atoms with van der Waals surface area (Å²) in [5, 5.41) is 0.